The van der Waals surface area contributed by atoms with E-state index in [1.165, 1.54) is 36.3 Å². The van der Waals surface area contributed by atoms with Crippen molar-refractivity contribution in [1.29, 1.82) is 0 Å². The standard InChI is InChI=1S/C22H17Cl2F5N2O3/c1-33-9-18(32)31-10-20(26,11-31)13-4-2-12(3-5-13)17-8-21(34-30-17,22(27,28)29)14-6-15(23)19(25)16(24)7-14/h2-7H,8-11H2,1H3. The summed E-state index contributed by atoms with van der Waals surface area (Å²) >= 11 is 11.4. The maximum Gasteiger partial charge on any atom is 0.435 e. The molecule has 182 valence electrons. The van der Waals surface area contributed by atoms with Crippen LogP contribution in [0.3, 0.4) is 0 Å². The third kappa shape index (κ3) is 4.12. The van der Waals surface area contributed by atoms with Crippen molar-refractivity contribution in [3.8, 4) is 0 Å². The van der Waals surface area contributed by atoms with Crippen molar-refractivity contribution in [2.75, 3.05) is 26.8 Å². The number of alkyl halides is 4. The van der Waals surface area contributed by atoms with E-state index in [4.69, 9.17) is 32.8 Å². The second-order valence-corrected chi connectivity index (χ2v) is 8.92. The molecule has 12 heteroatoms. The molecule has 1 fully saturated rings. The Balaban J connectivity index is 1.55. The zero-order valence-electron chi connectivity index (χ0n) is 17.6. The van der Waals surface area contributed by atoms with E-state index in [-0.39, 0.29) is 42.4 Å². The molecule has 1 saturated heterocycles. The number of methoxy groups -OCH3 is 1. The van der Waals surface area contributed by atoms with Crippen molar-refractivity contribution in [3.63, 3.8) is 0 Å². The molecular weight excluding hydrogens is 506 g/mol. The highest BCUT2D eigenvalue weighted by molar-refractivity contribution is 6.35. The lowest BCUT2D eigenvalue weighted by Crippen LogP contribution is -2.59. The fourth-order valence-electron chi connectivity index (χ4n) is 3.94. The SMILES string of the molecule is COCC(=O)N1CC(F)(c2ccc(C3=NOC(c4cc(Cl)c(F)c(Cl)c4)(C(F)(F)F)C3)cc2)C1. The van der Waals surface area contributed by atoms with Crippen LogP contribution in [0.15, 0.2) is 41.6 Å². The van der Waals surface area contributed by atoms with Crippen LogP contribution in [-0.2, 0) is 25.6 Å². The molecule has 1 unspecified atom stereocenters. The van der Waals surface area contributed by atoms with Crippen LogP contribution in [-0.4, -0.2) is 49.5 Å². The molecule has 4 rings (SSSR count). The van der Waals surface area contributed by atoms with E-state index in [2.05, 4.69) is 5.16 Å². The van der Waals surface area contributed by atoms with Crippen LogP contribution in [0.4, 0.5) is 22.0 Å². The lowest BCUT2D eigenvalue weighted by atomic mass is 9.84. The average molecular weight is 523 g/mol. The number of benzene rings is 2. The molecule has 0 saturated carbocycles. The van der Waals surface area contributed by atoms with Crippen LogP contribution in [0.25, 0.3) is 0 Å². The zero-order valence-corrected chi connectivity index (χ0v) is 19.1. The number of hydrogen-bond donors (Lipinski definition) is 0. The van der Waals surface area contributed by atoms with Crippen molar-refractivity contribution in [1.82, 2.24) is 4.90 Å². The van der Waals surface area contributed by atoms with Gasteiger partial charge >= 0.3 is 6.18 Å². The van der Waals surface area contributed by atoms with Crippen molar-refractivity contribution in [3.05, 3.63) is 69.0 Å². The number of nitrogens with zero attached hydrogens (tertiary/aromatic N) is 2. The molecule has 2 aromatic carbocycles. The molecule has 0 spiro atoms. The first kappa shape index (κ1) is 24.7. The smallest absolute Gasteiger partial charge is 0.375 e. The number of carbonyl (C=O) groups is 1. The van der Waals surface area contributed by atoms with Gasteiger partial charge in [0.05, 0.1) is 28.8 Å². The van der Waals surface area contributed by atoms with Crippen molar-refractivity contribution >= 4 is 34.8 Å². The molecule has 2 aliphatic rings. The number of amides is 1. The largest absolute Gasteiger partial charge is 0.435 e. The monoisotopic (exact) mass is 522 g/mol. The molecule has 0 bridgehead atoms. The highest BCUT2D eigenvalue weighted by Crippen LogP contribution is 2.50. The van der Waals surface area contributed by atoms with Gasteiger partial charge in [0.1, 0.15) is 6.61 Å². The Labute approximate surface area is 201 Å². The van der Waals surface area contributed by atoms with E-state index in [1.54, 1.807) is 0 Å². The van der Waals surface area contributed by atoms with Crippen molar-refractivity contribution in [2.24, 2.45) is 5.16 Å². The fraction of sp³-hybridized carbons (Fsp3) is 0.364. The van der Waals surface area contributed by atoms with Gasteiger partial charge in [-0.1, -0.05) is 52.6 Å². The summed E-state index contributed by atoms with van der Waals surface area (Å²) in [7, 11) is 1.36. The van der Waals surface area contributed by atoms with Gasteiger partial charge in [-0.3, -0.25) is 4.79 Å². The first-order chi connectivity index (χ1) is 15.9. The molecular formula is C22H17Cl2F5N2O3. The summed E-state index contributed by atoms with van der Waals surface area (Å²) in [6.07, 6.45) is -5.66. The number of hydrogen-bond acceptors (Lipinski definition) is 4. The Morgan fingerprint density at radius 2 is 1.74 bits per heavy atom. The van der Waals surface area contributed by atoms with E-state index in [0.29, 0.717) is 0 Å². The van der Waals surface area contributed by atoms with Crippen LogP contribution in [0.2, 0.25) is 10.0 Å². The minimum Gasteiger partial charge on any atom is -0.375 e. The topological polar surface area (TPSA) is 51.1 Å². The van der Waals surface area contributed by atoms with Gasteiger partial charge in [0, 0.05) is 19.1 Å². The average Bonchev–Trinajstić information content (AvgIpc) is 3.22. The summed E-state index contributed by atoms with van der Waals surface area (Å²) < 4.78 is 76.0. The summed E-state index contributed by atoms with van der Waals surface area (Å²) in [4.78, 5) is 18.0. The number of oxime groups is 1. The van der Waals surface area contributed by atoms with Crippen LogP contribution in [0, 0.1) is 5.82 Å². The quantitative estimate of drug-likeness (QED) is 0.392. The van der Waals surface area contributed by atoms with Gasteiger partial charge in [-0.2, -0.15) is 13.2 Å². The number of ether oxygens (including phenoxy) is 1. The third-order valence-corrected chi connectivity index (χ3v) is 6.43. The molecule has 0 aromatic heterocycles. The normalized spacial score (nSPS) is 21.6. The summed E-state index contributed by atoms with van der Waals surface area (Å²) in [5.74, 6) is -1.38. The highest BCUT2D eigenvalue weighted by atomic mass is 35.5. The minimum atomic E-state index is -4.93. The van der Waals surface area contributed by atoms with Gasteiger partial charge in [-0.05, 0) is 23.3 Å². The molecule has 0 radical (unpaired) electrons. The summed E-state index contributed by atoms with van der Waals surface area (Å²) in [6.45, 7) is -0.454. The predicted molar refractivity (Wildman–Crippen MR) is 114 cm³/mol. The third-order valence-electron chi connectivity index (χ3n) is 5.88. The van der Waals surface area contributed by atoms with Gasteiger partial charge in [-0.15, -0.1) is 0 Å². The number of carbonyl (C=O) groups excluding carboxylic acids is 1. The molecule has 1 amide bonds. The summed E-state index contributed by atoms with van der Waals surface area (Å²) in [5, 5.41) is 2.45. The Hall–Kier alpha value is -2.43. The number of rotatable bonds is 5. The molecule has 2 heterocycles. The van der Waals surface area contributed by atoms with E-state index in [0.717, 1.165) is 12.1 Å². The maximum absolute atomic E-state index is 15.1. The number of halogens is 7. The Kier molecular flexibility index (Phi) is 6.28. The molecule has 34 heavy (non-hydrogen) atoms. The molecule has 5 nitrogen and oxygen atoms in total. The first-order valence-corrected chi connectivity index (χ1v) is 10.7. The second-order valence-electron chi connectivity index (χ2n) is 8.11. The minimum absolute atomic E-state index is 0.0427. The number of likely N-dealkylation sites (tertiary alicyclic amines) is 1. The maximum atomic E-state index is 15.1. The van der Waals surface area contributed by atoms with Crippen molar-refractivity contribution in [2.45, 2.75) is 23.9 Å². The van der Waals surface area contributed by atoms with Gasteiger partial charge in [0.25, 0.3) is 5.60 Å². The Morgan fingerprint density at radius 1 is 1.15 bits per heavy atom. The lowest BCUT2D eigenvalue weighted by molar-refractivity contribution is -0.275. The van der Waals surface area contributed by atoms with Crippen LogP contribution < -0.4 is 0 Å². The van der Waals surface area contributed by atoms with Gasteiger partial charge < -0.3 is 14.5 Å². The second kappa shape index (κ2) is 8.66. The predicted octanol–water partition coefficient (Wildman–Crippen LogP) is 5.37. The van der Waals surface area contributed by atoms with Crippen LogP contribution >= 0.6 is 23.2 Å². The molecule has 2 aliphatic heterocycles. The fourth-order valence-corrected chi connectivity index (χ4v) is 4.43. The van der Waals surface area contributed by atoms with E-state index in [9.17, 15) is 22.4 Å². The Morgan fingerprint density at radius 3 is 2.26 bits per heavy atom. The molecule has 0 aliphatic carbocycles. The van der Waals surface area contributed by atoms with Gasteiger partial charge in [0.2, 0.25) is 5.91 Å². The lowest BCUT2D eigenvalue weighted by Gasteiger charge is -2.44. The van der Waals surface area contributed by atoms with Crippen LogP contribution in [0.5, 0.6) is 0 Å². The highest BCUT2D eigenvalue weighted by Gasteiger charge is 2.62. The summed E-state index contributed by atoms with van der Waals surface area (Å²) in [6, 6.07) is 7.31. The zero-order chi connectivity index (χ0) is 24.9. The van der Waals surface area contributed by atoms with E-state index >= 15 is 4.39 Å². The van der Waals surface area contributed by atoms with E-state index < -0.39 is 45.3 Å². The van der Waals surface area contributed by atoms with Crippen LogP contribution in [0.1, 0.15) is 23.1 Å². The molecule has 2 aromatic rings. The first-order valence-electron chi connectivity index (χ1n) is 9.93. The van der Waals surface area contributed by atoms with Crippen molar-refractivity contribution < 1.29 is 36.3 Å². The summed E-state index contributed by atoms with van der Waals surface area (Å²) in [5.41, 5.74) is -4.67. The molecule has 0 N–H and O–H groups in total. The van der Waals surface area contributed by atoms with Gasteiger partial charge in [-0.25, -0.2) is 8.78 Å². The van der Waals surface area contributed by atoms with Gasteiger partial charge in [0.15, 0.2) is 11.5 Å². The molecule has 1 atom stereocenters. The Bertz CT molecular complexity index is 1130. The van der Waals surface area contributed by atoms with E-state index in [1.807, 2.05) is 0 Å².